The number of nitrogens with zero attached hydrogens (tertiary/aromatic N) is 1. The van der Waals surface area contributed by atoms with Gasteiger partial charge >= 0.3 is 0 Å². The summed E-state index contributed by atoms with van der Waals surface area (Å²) in [4.78, 5) is 7.42. The number of H-pyrrole nitrogens is 1. The predicted molar refractivity (Wildman–Crippen MR) is 66.8 cm³/mol. The van der Waals surface area contributed by atoms with Crippen LogP contribution in [-0.4, -0.2) is 17.0 Å². The maximum absolute atomic E-state index is 6.10. The van der Waals surface area contributed by atoms with Crippen molar-refractivity contribution in [3.05, 3.63) is 40.3 Å². The van der Waals surface area contributed by atoms with Gasteiger partial charge in [0.25, 0.3) is 0 Å². The van der Waals surface area contributed by atoms with Gasteiger partial charge in [-0.1, -0.05) is 23.2 Å². The van der Waals surface area contributed by atoms with Gasteiger partial charge in [0, 0.05) is 10.6 Å². The van der Waals surface area contributed by atoms with Gasteiger partial charge in [-0.3, -0.25) is 0 Å². The number of nitrogens with one attached hydrogen (secondary N) is 2. The molecule has 0 bridgehead atoms. The molecule has 0 saturated heterocycles. The lowest BCUT2D eigenvalue weighted by Gasteiger charge is -2.01. The van der Waals surface area contributed by atoms with Gasteiger partial charge in [0.1, 0.15) is 5.82 Å². The molecule has 0 fully saturated rings. The van der Waals surface area contributed by atoms with Gasteiger partial charge in [-0.2, -0.15) is 0 Å². The monoisotopic (exact) mass is 255 g/mol. The van der Waals surface area contributed by atoms with Gasteiger partial charge in [0.05, 0.1) is 23.5 Å². The molecule has 0 radical (unpaired) electrons. The van der Waals surface area contributed by atoms with Crippen LogP contribution in [0, 0.1) is 0 Å². The molecular weight excluding hydrogens is 245 g/mol. The van der Waals surface area contributed by atoms with Gasteiger partial charge in [-0.25, -0.2) is 4.98 Å². The second kappa shape index (κ2) is 4.87. The number of rotatable bonds is 3. The molecule has 2 N–H and O–H groups in total. The first-order valence-corrected chi connectivity index (χ1v) is 5.60. The maximum atomic E-state index is 6.10. The van der Waals surface area contributed by atoms with E-state index in [1.807, 2.05) is 13.1 Å². The Balaban J connectivity index is 2.38. The summed E-state index contributed by atoms with van der Waals surface area (Å²) in [6, 6.07) is 5.36. The summed E-state index contributed by atoms with van der Waals surface area (Å²) in [5.41, 5.74) is 1.74. The molecule has 2 aromatic rings. The molecule has 0 atom stereocenters. The van der Waals surface area contributed by atoms with Crippen molar-refractivity contribution in [3.63, 3.8) is 0 Å². The van der Waals surface area contributed by atoms with Crippen molar-refractivity contribution in [2.75, 3.05) is 7.05 Å². The van der Waals surface area contributed by atoms with E-state index in [9.17, 15) is 0 Å². The van der Waals surface area contributed by atoms with Crippen molar-refractivity contribution >= 4 is 23.2 Å². The van der Waals surface area contributed by atoms with Crippen LogP contribution in [0.4, 0.5) is 0 Å². The van der Waals surface area contributed by atoms with Crippen LogP contribution < -0.4 is 5.32 Å². The minimum atomic E-state index is 0.657. The highest BCUT2D eigenvalue weighted by Crippen LogP contribution is 2.29. The fourth-order valence-electron chi connectivity index (χ4n) is 1.46. The van der Waals surface area contributed by atoms with Gasteiger partial charge in [-0.15, -0.1) is 0 Å². The summed E-state index contributed by atoms with van der Waals surface area (Å²) in [7, 11) is 1.87. The zero-order chi connectivity index (χ0) is 11.5. The zero-order valence-corrected chi connectivity index (χ0v) is 10.2. The van der Waals surface area contributed by atoms with Crippen LogP contribution in [0.15, 0.2) is 24.4 Å². The van der Waals surface area contributed by atoms with E-state index in [1.54, 1.807) is 18.3 Å². The third-order valence-electron chi connectivity index (χ3n) is 2.19. The van der Waals surface area contributed by atoms with Crippen LogP contribution in [0.1, 0.15) is 5.82 Å². The average molecular weight is 256 g/mol. The summed E-state index contributed by atoms with van der Waals surface area (Å²) in [6.45, 7) is 0.693. The lowest BCUT2D eigenvalue weighted by Crippen LogP contribution is -2.06. The lowest BCUT2D eigenvalue weighted by atomic mass is 10.2. The number of imidazole rings is 1. The minimum absolute atomic E-state index is 0.657. The summed E-state index contributed by atoms with van der Waals surface area (Å²) in [5.74, 6) is 0.869. The first-order valence-electron chi connectivity index (χ1n) is 4.84. The van der Waals surface area contributed by atoms with Crippen molar-refractivity contribution in [1.29, 1.82) is 0 Å². The molecule has 3 nitrogen and oxygen atoms in total. The smallest absolute Gasteiger partial charge is 0.120 e. The van der Waals surface area contributed by atoms with Crippen LogP contribution in [0.2, 0.25) is 10.0 Å². The van der Waals surface area contributed by atoms with E-state index >= 15 is 0 Å². The molecule has 0 spiro atoms. The molecule has 84 valence electrons. The number of aromatic amines is 1. The van der Waals surface area contributed by atoms with Crippen LogP contribution in [0.25, 0.3) is 11.3 Å². The molecule has 0 unspecified atom stereocenters. The molecular formula is C11H11Cl2N3. The second-order valence-corrected chi connectivity index (χ2v) is 4.24. The fourth-order valence-corrected chi connectivity index (χ4v) is 1.85. The third-order valence-corrected chi connectivity index (χ3v) is 2.76. The molecule has 0 saturated carbocycles. The molecule has 0 amide bonds. The Bertz CT molecular complexity index is 494. The van der Waals surface area contributed by atoms with Gasteiger partial charge in [0.15, 0.2) is 0 Å². The Morgan fingerprint density at radius 1 is 1.38 bits per heavy atom. The SMILES string of the molecule is CNCc1ncc(-c2cc(Cl)ccc2Cl)[nH]1. The summed E-state index contributed by atoms with van der Waals surface area (Å²) >= 11 is 12.0. The molecule has 1 heterocycles. The van der Waals surface area contributed by atoms with Gasteiger partial charge in [0.2, 0.25) is 0 Å². The van der Waals surface area contributed by atoms with E-state index < -0.39 is 0 Å². The molecule has 0 aliphatic heterocycles. The molecule has 16 heavy (non-hydrogen) atoms. The Kier molecular flexibility index (Phi) is 3.49. The topological polar surface area (TPSA) is 40.7 Å². The van der Waals surface area contributed by atoms with E-state index in [0.29, 0.717) is 16.6 Å². The van der Waals surface area contributed by atoms with Crippen molar-refractivity contribution in [3.8, 4) is 11.3 Å². The minimum Gasteiger partial charge on any atom is -0.341 e. The standard InChI is InChI=1S/C11H11Cl2N3/c1-14-6-11-15-5-10(16-11)8-4-7(12)2-3-9(8)13/h2-5,14H,6H2,1H3,(H,15,16). The Labute approximate surface area is 104 Å². The van der Waals surface area contributed by atoms with Crippen molar-refractivity contribution in [2.45, 2.75) is 6.54 Å². The van der Waals surface area contributed by atoms with E-state index in [0.717, 1.165) is 17.1 Å². The lowest BCUT2D eigenvalue weighted by molar-refractivity contribution is 0.772. The normalized spacial score (nSPS) is 10.7. The molecule has 0 aliphatic carbocycles. The summed E-state index contributed by atoms with van der Waals surface area (Å²) in [5, 5.41) is 4.34. The Hall–Kier alpha value is -1.03. The van der Waals surface area contributed by atoms with E-state index in [-0.39, 0.29) is 0 Å². The van der Waals surface area contributed by atoms with Crippen LogP contribution in [-0.2, 0) is 6.54 Å². The highest BCUT2D eigenvalue weighted by molar-refractivity contribution is 6.35. The van der Waals surface area contributed by atoms with E-state index in [2.05, 4.69) is 15.3 Å². The molecule has 2 rings (SSSR count). The highest BCUT2D eigenvalue weighted by atomic mass is 35.5. The van der Waals surface area contributed by atoms with Crippen LogP contribution in [0.5, 0.6) is 0 Å². The molecule has 0 aliphatic rings. The highest BCUT2D eigenvalue weighted by Gasteiger charge is 2.07. The van der Waals surface area contributed by atoms with Crippen molar-refractivity contribution in [2.24, 2.45) is 0 Å². The molecule has 1 aromatic heterocycles. The van der Waals surface area contributed by atoms with Crippen molar-refractivity contribution < 1.29 is 0 Å². The largest absolute Gasteiger partial charge is 0.341 e. The van der Waals surface area contributed by atoms with Crippen molar-refractivity contribution in [1.82, 2.24) is 15.3 Å². The zero-order valence-electron chi connectivity index (χ0n) is 8.72. The summed E-state index contributed by atoms with van der Waals surface area (Å²) < 4.78 is 0. The predicted octanol–water partition coefficient (Wildman–Crippen LogP) is 3.10. The molecule has 5 heteroatoms. The summed E-state index contributed by atoms with van der Waals surface area (Å²) in [6.07, 6.45) is 1.75. The Morgan fingerprint density at radius 2 is 2.19 bits per heavy atom. The number of halogens is 2. The first-order chi connectivity index (χ1) is 7.70. The van der Waals surface area contributed by atoms with Crippen LogP contribution >= 0.6 is 23.2 Å². The van der Waals surface area contributed by atoms with E-state index in [4.69, 9.17) is 23.2 Å². The number of hydrogen-bond donors (Lipinski definition) is 2. The van der Waals surface area contributed by atoms with Crippen LogP contribution in [0.3, 0.4) is 0 Å². The maximum Gasteiger partial charge on any atom is 0.120 e. The number of hydrogen-bond acceptors (Lipinski definition) is 2. The second-order valence-electron chi connectivity index (χ2n) is 3.40. The molecule has 1 aromatic carbocycles. The van der Waals surface area contributed by atoms with Gasteiger partial charge < -0.3 is 10.3 Å². The fraction of sp³-hybridized carbons (Fsp3) is 0.182. The number of aromatic nitrogens is 2. The van der Waals surface area contributed by atoms with E-state index in [1.165, 1.54) is 0 Å². The number of benzene rings is 1. The first kappa shape index (κ1) is 11.5. The average Bonchev–Trinajstić information content (AvgIpc) is 2.71. The Morgan fingerprint density at radius 3 is 2.94 bits per heavy atom. The quantitative estimate of drug-likeness (QED) is 0.885. The third kappa shape index (κ3) is 2.38. The van der Waals surface area contributed by atoms with Gasteiger partial charge in [-0.05, 0) is 25.2 Å².